The second kappa shape index (κ2) is 11.7. The van der Waals surface area contributed by atoms with Gasteiger partial charge >= 0.3 is 0 Å². The molecule has 0 unspecified atom stereocenters. The molecular formula is C20H29IN6O. The number of methoxy groups -OCH3 is 1. The Kier molecular flexibility index (Phi) is 9.26. The van der Waals surface area contributed by atoms with Crippen LogP contribution < -0.4 is 15.4 Å². The molecule has 152 valence electrons. The van der Waals surface area contributed by atoms with Crippen molar-refractivity contribution in [3.63, 3.8) is 0 Å². The third-order valence-electron chi connectivity index (χ3n) is 4.65. The van der Waals surface area contributed by atoms with Gasteiger partial charge in [0.05, 0.1) is 13.7 Å². The molecule has 0 saturated heterocycles. The molecule has 0 radical (unpaired) electrons. The number of aromatic amines is 1. The summed E-state index contributed by atoms with van der Waals surface area (Å²) in [6, 6.07) is 7.69. The Balaban J connectivity index is 0.00000280. The third kappa shape index (κ3) is 6.50. The highest BCUT2D eigenvalue weighted by Crippen LogP contribution is 2.20. The van der Waals surface area contributed by atoms with Gasteiger partial charge in [-0.05, 0) is 56.4 Å². The van der Waals surface area contributed by atoms with Crippen LogP contribution in [0.3, 0.4) is 0 Å². The highest BCUT2D eigenvalue weighted by atomic mass is 127. The molecule has 8 heteroatoms. The lowest BCUT2D eigenvalue weighted by molar-refractivity contribution is 0.415. The number of nitrogens with one attached hydrogen (secondary N) is 3. The zero-order valence-electron chi connectivity index (χ0n) is 16.5. The molecule has 1 aliphatic carbocycles. The number of hydrogen-bond donors (Lipinski definition) is 3. The average Bonchev–Trinajstić information content (AvgIpc) is 3.20. The maximum atomic E-state index is 5.18. The number of guanidine groups is 1. The number of ether oxygens (including phenoxy) is 1. The molecule has 28 heavy (non-hydrogen) atoms. The number of aromatic nitrogens is 3. The Morgan fingerprint density at radius 3 is 2.71 bits per heavy atom. The quantitative estimate of drug-likeness (QED) is 0.236. The van der Waals surface area contributed by atoms with Crippen LogP contribution in [-0.4, -0.2) is 41.8 Å². The van der Waals surface area contributed by atoms with Crippen LogP contribution in [0.15, 0.2) is 40.9 Å². The van der Waals surface area contributed by atoms with Crippen LogP contribution >= 0.6 is 24.0 Å². The lowest BCUT2D eigenvalue weighted by Crippen LogP contribution is -2.37. The lowest BCUT2D eigenvalue weighted by Gasteiger charge is -2.14. The number of halogens is 1. The van der Waals surface area contributed by atoms with Crippen LogP contribution in [0, 0.1) is 0 Å². The lowest BCUT2D eigenvalue weighted by atomic mass is 9.97. The summed E-state index contributed by atoms with van der Waals surface area (Å²) in [5, 5.41) is 13.9. The van der Waals surface area contributed by atoms with Gasteiger partial charge in [-0.25, -0.2) is 4.98 Å². The van der Waals surface area contributed by atoms with Crippen LogP contribution in [0.5, 0.6) is 5.75 Å². The summed E-state index contributed by atoms with van der Waals surface area (Å²) in [6.07, 6.45) is 8.57. The molecule has 0 fully saturated rings. The van der Waals surface area contributed by atoms with Crippen molar-refractivity contribution in [1.82, 2.24) is 25.8 Å². The first-order valence-electron chi connectivity index (χ1n) is 9.46. The third-order valence-corrected chi connectivity index (χ3v) is 4.65. The summed E-state index contributed by atoms with van der Waals surface area (Å²) in [5.74, 6) is 3.02. The molecule has 1 heterocycles. The summed E-state index contributed by atoms with van der Waals surface area (Å²) < 4.78 is 5.18. The average molecular weight is 496 g/mol. The SMILES string of the molecule is CN=C(NCCC1=CCCCC1)NCc1nc(-c2ccc(OC)cc2)n[nH]1.I. The maximum Gasteiger partial charge on any atom is 0.191 e. The van der Waals surface area contributed by atoms with Crippen molar-refractivity contribution in [2.24, 2.45) is 4.99 Å². The Labute approximate surface area is 183 Å². The Bertz CT molecular complexity index is 784. The Hall–Kier alpha value is -2.10. The fourth-order valence-corrected chi connectivity index (χ4v) is 3.10. The molecule has 0 aliphatic heterocycles. The van der Waals surface area contributed by atoms with E-state index in [2.05, 4.69) is 36.9 Å². The molecule has 3 rings (SSSR count). The second-order valence-corrected chi connectivity index (χ2v) is 6.54. The van der Waals surface area contributed by atoms with Crippen molar-refractivity contribution in [3.8, 4) is 17.1 Å². The van der Waals surface area contributed by atoms with Gasteiger partial charge in [0, 0.05) is 19.2 Å². The molecule has 1 aromatic carbocycles. The van der Waals surface area contributed by atoms with Crippen molar-refractivity contribution < 1.29 is 4.74 Å². The fourth-order valence-electron chi connectivity index (χ4n) is 3.10. The summed E-state index contributed by atoms with van der Waals surface area (Å²) >= 11 is 0. The number of allylic oxidation sites excluding steroid dienone is 1. The minimum Gasteiger partial charge on any atom is -0.497 e. The van der Waals surface area contributed by atoms with Gasteiger partial charge in [0.25, 0.3) is 0 Å². The predicted molar refractivity (Wildman–Crippen MR) is 123 cm³/mol. The van der Waals surface area contributed by atoms with E-state index in [4.69, 9.17) is 4.74 Å². The number of H-pyrrole nitrogens is 1. The van der Waals surface area contributed by atoms with Crippen molar-refractivity contribution >= 4 is 29.9 Å². The predicted octanol–water partition coefficient (Wildman–Crippen LogP) is 3.65. The van der Waals surface area contributed by atoms with E-state index in [0.29, 0.717) is 12.4 Å². The minimum absolute atomic E-state index is 0. The summed E-state index contributed by atoms with van der Waals surface area (Å²) in [5.41, 5.74) is 2.50. The van der Waals surface area contributed by atoms with E-state index in [9.17, 15) is 0 Å². The highest BCUT2D eigenvalue weighted by molar-refractivity contribution is 14.0. The first-order valence-corrected chi connectivity index (χ1v) is 9.46. The van der Waals surface area contributed by atoms with Crippen LogP contribution in [0.25, 0.3) is 11.4 Å². The van der Waals surface area contributed by atoms with Gasteiger partial charge < -0.3 is 15.4 Å². The zero-order chi connectivity index (χ0) is 18.9. The Morgan fingerprint density at radius 2 is 2.04 bits per heavy atom. The van der Waals surface area contributed by atoms with E-state index in [-0.39, 0.29) is 24.0 Å². The normalized spacial score (nSPS) is 14.1. The Morgan fingerprint density at radius 1 is 1.21 bits per heavy atom. The van der Waals surface area contributed by atoms with E-state index in [1.165, 1.54) is 25.7 Å². The fraction of sp³-hybridized carbons (Fsp3) is 0.450. The molecule has 0 spiro atoms. The molecule has 3 N–H and O–H groups in total. The largest absolute Gasteiger partial charge is 0.497 e. The van der Waals surface area contributed by atoms with Crippen molar-refractivity contribution in [2.45, 2.75) is 38.6 Å². The van der Waals surface area contributed by atoms with Crippen LogP contribution in [0.4, 0.5) is 0 Å². The van der Waals surface area contributed by atoms with Gasteiger partial charge in [0.15, 0.2) is 11.8 Å². The maximum absolute atomic E-state index is 5.18. The van der Waals surface area contributed by atoms with Crippen LogP contribution in [0.2, 0.25) is 0 Å². The van der Waals surface area contributed by atoms with Gasteiger partial charge in [-0.15, -0.1) is 24.0 Å². The first-order chi connectivity index (χ1) is 13.3. The molecule has 0 bridgehead atoms. The van der Waals surface area contributed by atoms with Gasteiger partial charge in [-0.3, -0.25) is 10.1 Å². The van der Waals surface area contributed by atoms with E-state index in [1.807, 2.05) is 24.3 Å². The van der Waals surface area contributed by atoms with Crippen LogP contribution in [-0.2, 0) is 6.54 Å². The van der Waals surface area contributed by atoms with Crippen molar-refractivity contribution in [3.05, 3.63) is 41.7 Å². The molecule has 1 aliphatic rings. The number of benzene rings is 1. The highest BCUT2D eigenvalue weighted by Gasteiger charge is 2.08. The monoisotopic (exact) mass is 496 g/mol. The van der Waals surface area contributed by atoms with E-state index in [0.717, 1.165) is 36.1 Å². The summed E-state index contributed by atoms with van der Waals surface area (Å²) in [7, 11) is 3.43. The number of aliphatic imine (C=N–C) groups is 1. The van der Waals surface area contributed by atoms with Crippen LogP contribution in [0.1, 0.15) is 37.9 Å². The molecule has 0 saturated carbocycles. The molecule has 0 atom stereocenters. The molecule has 0 amide bonds. The van der Waals surface area contributed by atoms with Gasteiger partial charge in [-0.2, -0.15) is 5.10 Å². The molecule has 7 nitrogen and oxygen atoms in total. The number of nitrogens with zero attached hydrogens (tertiary/aromatic N) is 3. The summed E-state index contributed by atoms with van der Waals surface area (Å²) in [6.45, 7) is 1.42. The van der Waals surface area contributed by atoms with Crippen molar-refractivity contribution in [2.75, 3.05) is 20.7 Å². The zero-order valence-corrected chi connectivity index (χ0v) is 18.8. The first kappa shape index (κ1) is 22.2. The van der Waals surface area contributed by atoms with E-state index < -0.39 is 0 Å². The summed E-state index contributed by atoms with van der Waals surface area (Å²) in [4.78, 5) is 8.80. The topological polar surface area (TPSA) is 87.2 Å². The van der Waals surface area contributed by atoms with Crippen molar-refractivity contribution in [1.29, 1.82) is 0 Å². The second-order valence-electron chi connectivity index (χ2n) is 6.54. The van der Waals surface area contributed by atoms with E-state index >= 15 is 0 Å². The van der Waals surface area contributed by atoms with Gasteiger partial charge in [-0.1, -0.05) is 11.6 Å². The minimum atomic E-state index is 0. The smallest absolute Gasteiger partial charge is 0.191 e. The van der Waals surface area contributed by atoms with Gasteiger partial charge in [0.2, 0.25) is 0 Å². The molecule has 2 aromatic rings. The standard InChI is InChI=1S/C20H28N6O.HI/c1-21-20(22-13-12-15-6-4-3-5-7-15)23-14-18-24-19(26-25-18)16-8-10-17(27-2)11-9-16;/h6,8-11H,3-5,7,12-14H2,1-2H3,(H2,21,22,23)(H,24,25,26);1H. The molecular weight excluding hydrogens is 467 g/mol. The number of hydrogen-bond acceptors (Lipinski definition) is 4. The van der Waals surface area contributed by atoms with E-state index in [1.54, 1.807) is 19.7 Å². The number of rotatable bonds is 7. The van der Waals surface area contributed by atoms with Gasteiger partial charge in [0.1, 0.15) is 11.6 Å². The molecule has 1 aromatic heterocycles.